The number of nitrogens with zero attached hydrogens (tertiary/aromatic N) is 1. The van der Waals surface area contributed by atoms with Gasteiger partial charge in [-0.3, -0.25) is 4.90 Å². The average Bonchev–Trinajstić information content (AvgIpc) is 2.96. The molecule has 1 aromatic heterocycles. The summed E-state index contributed by atoms with van der Waals surface area (Å²) in [4.78, 5) is 2.59. The van der Waals surface area contributed by atoms with Crippen LogP contribution in [0.2, 0.25) is 0 Å². The number of nitrogens with one attached hydrogen (secondary N) is 1. The van der Waals surface area contributed by atoms with Crippen molar-refractivity contribution in [1.29, 1.82) is 0 Å². The minimum atomic E-state index is 0.480. The molecule has 2 heterocycles. The van der Waals surface area contributed by atoms with Gasteiger partial charge in [-0.05, 0) is 65.2 Å². The van der Waals surface area contributed by atoms with Crippen molar-refractivity contribution in [2.45, 2.75) is 46.6 Å². The fraction of sp³-hybridized carbons (Fsp3) is 0.750. The van der Waals surface area contributed by atoms with E-state index in [0.29, 0.717) is 6.04 Å². The highest BCUT2D eigenvalue weighted by Gasteiger charge is 2.28. The predicted octanol–water partition coefficient (Wildman–Crippen LogP) is 3.28. The first-order valence-corrected chi connectivity index (χ1v) is 7.63. The number of rotatable bonds is 6. The lowest BCUT2D eigenvalue weighted by atomic mass is 10.1. The van der Waals surface area contributed by atoms with Crippen LogP contribution in [0.15, 0.2) is 10.5 Å². The quantitative estimate of drug-likeness (QED) is 0.799. The Bertz CT molecular complexity index is 399. The maximum absolute atomic E-state index is 5.66. The first-order valence-electron chi connectivity index (χ1n) is 7.63. The second-order valence-corrected chi connectivity index (χ2v) is 5.90. The number of furan rings is 1. The maximum atomic E-state index is 5.66. The van der Waals surface area contributed by atoms with Gasteiger partial charge in [0.25, 0.3) is 0 Å². The lowest BCUT2D eigenvalue weighted by molar-refractivity contribution is 0.249. The van der Waals surface area contributed by atoms with Crippen LogP contribution in [0.1, 0.15) is 49.8 Å². The van der Waals surface area contributed by atoms with E-state index < -0.39 is 0 Å². The van der Waals surface area contributed by atoms with Crippen LogP contribution >= 0.6 is 0 Å². The van der Waals surface area contributed by atoms with Crippen LogP contribution < -0.4 is 5.32 Å². The molecule has 0 aliphatic carbocycles. The number of likely N-dealkylation sites (tertiary alicyclic amines) is 1. The fourth-order valence-electron chi connectivity index (χ4n) is 3.13. The van der Waals surface area contributed by atoms with Gasteiger partial charge >= 0.3 is 0 Å². The van der Waals surface area contributed by atoms with Gasteiger partial charge in [0.2, 0.25) is 0 Å². The Balaban J connectivity index is 1.88. The van der Waals surface area contributed by atoms with E-state index in [1.54, 1.807) is 0 Å². The third-order valence-corrected chi connectivity index (χ3v) is 4.25. The molecule has 3 nitrogen and oxygen atoms in total. The smallest absolute Gasteiger partial charge is 0.105 e. The second kappa shape index (κ2) is 6.58. The standard InChI is InChI=1S/C16H28N2O/c1-5-7-17-10-15-6-8-18(11-15)13(3)16-9-12(2)19-14(16)4/h9,13,15,17H,5-8,10-11H2,1-4H3. The molecular formula is C16H28N2O. The Morgan fingerprint density at radius 2 is 2.26 bits per heavy atom. The molecule has 1 N–H and O–H groups in total. The van der Waals surface area contributed by atoms with E-state index in [9.17, 15) is 0 Å². The van der Waals surface area contributed by atoms with Gasteiger partial charge in [0.1, 0.15) is 11.5 Å². The van der Waals surface area contributed by atoms with Gasteiger partial charge in [-0.25, -0.2) is 0 Å². The normalized spacial score (nSPS) is 22.0. The Kier molecular flexibility index (Phi) is 5.06. The largest absolute Gasteiger partial charge is 0.466 e. The number of hydrogen-bond acceptors (Lipinski definition) is 3. The zero-order chi connectivity index (χ0) is 13.8. The summed E-state index contributed by atoms with van der Waals surface area (Å²) in [6.45, 7) is 13.4. The molecule has 1 aliphatic heterocycles. The molecule has 2 atom stereocenters. The first kappa shape index (κ1) is 14.6. The van der Waals surface area contributed by atoms with E-state index in [1.807, 2.05) is 6.92 Å². The second-order valence-electron chi connectivity index (χ2n) is 5.90. The van der Waals surface area contributed by atoms with Gasteiger partial charge in [0.15, 0.2) is 0 Å². The molecule has 1 aromatic rings. The van der Waals surface area contributed by atoms with Crippen molar-refractivity contribution in [3.8, 4) is 0 Å². The zero-order valence-electron chi connectivity index (χ0n) is 12.8. The van der Waals surface area contributed by atoms with Crippen molar-refractivity contribution in [2.24, 2.45) is 5.92 Å². The predicted molar refractivity (Wildman–Crippen MR) is 79.4 cm³/mol. The van der Waals surface area contributed by atoms with E-state index in [1.165, 1.54) is 38.0 Å². The molecule has 1 saturated heterocycles. The first-order chi connectivity index (χ1) is 9.11. The van der Waals surface area contributed by atoms with Crippen LogP contribution in [-0.2, 0) is 0 Å². The lowest BCUT2D eigenvalue weighted by Gasteiger charge is -2.24. The van der Waals surface area contributed by atoms with Gasteiger partial charge in [-0.15, -0.1) is 0 Å². The van der Waals surface area contributed by atoms with Crippen LogP contribution in [0.3, 0.4) is 0 Å². The molecule has 0 bridgehead atoms. The summed E-state index contributed by atoms with van der Waals surface area (Å²) in [5.41, 5.74) is 1.36. The number of hydrogen-bond donors (Lipinski definition) is 1. The Morgan fingerprint density at radius 3 is 2.89 bits per heavy atom. The molecule has 2 rings (SSSR count). The monoisotopic (exact) mass is 264 g/mol. The molecule has 1 aliphatic rings. The van der Waals surface area contributed by atoms with Crippen LogP contribution in [0, 0.1) is 19.8 Å². The van der Waals surface area contributed by atoms with Gasteiger partial charge in [0, 0.05) is 18.2 Å². The average molecular weight is 264 g/mol. The van der Waals surface area contributed by atoms with E-state index in [4.69, 9.17) is 4.42 Å². The van der Waals surface area contributed by atoms with Crippen molar-refractivity contribution >= 4 is 0 Å². The summed E-state index contributed by atoms with van der Waals surface area (Å²) in [6, 6.07) is 2.68. The maximum Gasteiger partial charge on any atom is 0.105 e. The highest BCUT2D eigenvalue weighted by molar-refractivity contribution is 5.23. The number of aryl methyl sites for hydroxylation is 2. The summed E-state index contributed by atoms with van der Waals surface area (Å²) in [5, 5.41) is 3.55. The van der Waals surface area contributed by atoms with Crippen molar-refractivity contribution < 1.29 is 4.42 Å². The van der Waals surface area contributed by atoms with E-state index in [0.717, 1.165) is 24.0 Å². The molecule has 0 radical (unpaired) electrons. The molecule has 3 heteroatoms. The third kappa shape index (κ3) is 3.61. The van der Waals surface area contributed by atoms with Crippen molar-refractivity contribution in [1.82, 2.24) is 10.2 Å². The van der Waals surface area contributed by atoms with Gasteiger partial charge in [0.05, 0.1) is 0 Å². The summed E-state index contributed by atoms with van der Waals surface area (Å²) in [5.74, 6) is 2.92. The summed E-state index contributed by atoms with van der Waals surface area (Å²) >= 11 is 0. The summed E-state index contributed by atoms with van der Waals surface area (Å²) in [7, 11) is 0. The topological polar surface area (TPSA) is 28.4 Å². The Hall–Kier alpha value is -0.800. The molecule has 0 spiro atoms. The summed E-state index contributed by atoms with van der Waals surface area (Å²) < 4.78 is 5.66. The zero-order valence-corrected chi connectivity index (χ0v) is 12.8. The lowest BCUT2D eigenvalue weighted by Crippen LogP contribution is -2.28. The van der Waals surface area contributed by atoms with Crippen LogP contribution in [-0.4, -0.2) is 31.1 Å². The van der Waals surface area contributed by atoms with Gasteiger partial charge in [-0.2, -0.15) is 0 Å². The minimum Gasteiger partial charge on any atom is -0.466 e. The van der Waals surface area contributed by atoms with Gasteiger partial charge in [-0.1, -0.05) is 6.92 Å². The third-order valence-electron chi connectivity index (χ3n) is 4.25. The van der Waals surface area contributed by atoms with Crippen molar-refractivity contribution in [3.63, 3.8) is 0 Å². The highest BCUT2D eigenvalue weighted by Crippen LogP contribution is 2.30. The minimum absolute atomic E-state index is 0.480. The molecule has 19 heavy (non-hydrogen) atoms. The highest BCUT2D eigenvalue weighted by atomic mass is 16.3. The molecule has 0 saturated carbocycles. The Labute approximate surface area is 117 Å². The van der Waals surface area contributed by atoms with E-state index in [-0.39, 0.29) is 0 Å². The van der Waals surface area contributed by atoms with Crippen LogP contribution in [0.4, 0.5) is 0 Å². The van der Waals surface area contributed by atoms with Gasteiger partial charge < -0.3 is 9.73 Å². The molecule has 2 unspecified atom stereocenters. The van der Waals surface area contributed by atoms with E-state index >= 15 is 0 Å². The molecule has 0 amide bonds. The SMILES string of the molecule is CCCNCC1CCN(C(C)c2cc(C)oc2C)C1. The molecule has 0 aromatic carbocycles. The van der Waals surface area contributed by atoms with Crippen LogP contribution in [0.5, 0.6) is 0 Å². The Morgan fingerprint density at radius 1 is 1.47 bits per heavy atom. The molecule has 1 fully saturated rings. The molecule has 108 valence electrons. The van der Waals surface area contributed by atoms with Crippen molar-refractivity contribution in [3.05, 3.63) is 23.2 Å². The molecular weight excluding hydrogens is 236 g/mol. The van der Waals surface area contributed by atoms with E-state index in [2.05, 4.69) is 37.1 Å². The fourth-order valence-corrected chi connectivity index (χ4v) is 3.13. The summed E-state index contributed by atoms with van der Waals surface area (Å²) in [6.07, 6.45) is 2.54. The van der Waals surface area contributed by atoms with Crippen LogP contribution in [0.25, 0.3) is 0 Å². The van der Waals surface area contributed by atoms with Crippen molar-refractivity contribution in [2.75, 3.05) is 26.2 Å².